The first-order valence-electron chi connectivity index (χ1n) is 15.1. The van der Waals surface area contributed by atoms with Gasteiger partial charge in [0.2, 0.25) is 0 Å². The van der Waals surface area contributed by atoms with Crippen molar-refractivity contribution in [2.45, 2.75) is 0 Å². The van der Waals surface area contributed by atoms with Gasteiger partial charge in [-0.25, -0.2) is 0 Å². The van der Waals surface area contributed by atoms with Gasteiger partial charge in [-0.05, 0) is 70.8 Å². The van der Waals surface area contributed by atoms with Gasteiger partial charge < -0.3 is 9.13 Å². The first-order valence-corrected chi connectivity index (χ1v) is 15.1. The third-order valence-corrected chi connectivity index (χ3v) is 8.91. The van der Waals surface area contributed by atoms with Crippen molar-refractivity contribution in [1.29, 1.82) is 0 Å². The second-order valence-corrected chi connectivity index (χ2v) is 11.4. The molecular weight excluding hydrogens is 532 g/mol. The van der Waals surface area contributed by atoms with Gasteiger partial charge in [-0.3, -0.25) is 0 Å². The van der Waals surface area contributed by atoms with E-state index in [2.05, 4.69) is 179 Å². The van der Waals surface area contributed by atoms with Gasteiger partial charge in [0.15, 0.2) is 0 Å². The van der Waals surface area contributed by atoms with Gasteiger partial charge >= 0.3 is 0 Å². The van der Waals surface area contributed by atoms with Gasteiger partial charge in [0.1, 0.15) is 0 Å². The monoisotopic (exact) mass is 560 g/mol. The van der Waals surface area contributed by atoms with Crippen molar-refractivity contribution in [3.05, 3.63) is 170 Å². The Morgan fingerprint density at radius 2 is 0.841 bits per heavy atom. The van der Waals surface area contributed by atoms with Crippen molar-refractivity contribution in [2.75, 3.05) is 0 Å². The van der Waals surface area contributed by atoms with Crippen LogP contribution in [0.5, 0.6) is 0 Å². The van der Waals surface area contributed by atoms with E-state index in [-0.39, 0.29) is 0 Å². The molecule has 0 saturated carbocycles. The van der Waals surface area contributed by atoms with E-state index >= 15 is 0 Å². The second kappa shape index (κ2) is 9.86. The molecule has 2 heteroatoms. The van der Waals surface area contributed by atoms with Crippen molar-refractivity contribution in [3.8, 4) is 33.6 Å². The summed E-state index contributed by atoms with van der Waals surface area (Å²) in [5.41, 5.74) is 12.1. The van der Waals surface area contributed by atoms with Crippen LogP contribution in [0.25, 0.3) is 77.2 Å². The average Bonchev–Trinajstić information content (AvgIpc) is 3.62. The minimum atomic E-state index is 1.17. The molecule has 9 aromatic rings. The summed E-state index contributed by atoms with van der Waals surface area (Å²) in [5.74, 6) is 0. The van der Waals surface area contributed by atoms with Crippen LogP contribution in [0.15, 0.2) is 170 Å². The molecule has 206 valence electrons. The van der Waals surface area contributed by atoms with E-state index in [0.29, 0.717) is 0 Å². The summed E-state index contributed by atoms with van der Waals surface area (Å²) in [6.45, 7) is 0. The molecule has 7 aromatic carbocycles. The molecule has 0 unspecified atom stereocenters. The van der Waals surface area contributed by atoms with E-state index in [9.17, 15) is 0 Å². The lowest BCUT2D eigenvalue weighted by atomic mass is 9.96. The maximum Gasteiger partial charge on any atom is 0.0562 e. The topological polar surface area (TPSA) is 9.86 Å². The maximum atomic E-state index is 2.47. The summed E-state index contributed by atoms with van der Waals surface area (Å²) in [6.07, 6.45) is 0. The Morgan fingerprint density at radius 1 is 0.318 bits per heavy atom. The molecule has 9 rings (SSSR count). The molecule has 0 atom stereocenters. The third-order valence-electron chi connectivity index (χ3n) is 8.91. The average molecular weight is 561 g/mol. The molecule has 0 spiro atoms. The Morgan fingerprint density at radius 3 is 1.61 bits per heavy atom. The van der Waals surface area contributed by atoms with E-state index in [1.54, 1.807) is 0 Å². The molecule has 0 aliphatic carbocycles. The van der Waals surface area contributed by atoms with Crippen molar-refractivity contribution < 1.29 is 0 Å². The predicted molar refractivity (Wildman–Crippen MR) is 186 cm³/mol. The number of fused-ring (bicyclic) bond motifs is 6. The third kappa shape index (κ3) is 3.68. The number of aromatic nitrogens is 2. The Kier molecular flexibility index (Phi) is 5.54. The SMILES string of the molecule is c1ccc(-c2cccc(-c3cccc4c3c3ccccc3n4-c3cccc4c3c3ccccc3n4-c3ccccc3)c2)cc1. The van der Waals surface area contributed by atoms with Gasteiger partial charge in [0.25, 0.3) is 0 Å². The largest absolute Gasteiger partial charge is 0.309 e. The highest BCUT2D eigenvalue weighted by Crippen LogP contribution is 2.42. The van der Waals surface area contributed by atoms with E-state index in [1.165, 1.54) is 77.2 Å². The molecule has 0 aliphatic rings. The zero-order valence-electron chi connectivity index (χ0n) is 24.1. The summed E-state index contributed by atoms with van der Waals surface area (Å²) >= 11 is 0. The Bertz CT molecular complexity index is 2480. The van der Waals surface area contributed by atoms with Gasteiger partial charge in [0, 0.05) is 27.2 Å². The number of rotatable bonds is 4. The van der Waals surface area contributed by atoms with Crippen LogP contribution in [-0.4, -0.2) is 9.13 Å². The summed E-state index contributed by atoms with van der Waals surface area (Å²) < 4.78 is 4.86. The number of nitrogens with zero attached hydrogens (tertiary/aromatic N) is 2. The van der Waals surface area contributed by atoms with E-state index in [1.807, 2.05) is 0 Å². The fourth-order valence-electron chi connectivity index (χ4n) is 7.06. The van der Waals surface area contributed by atoms with Crippen LogP contribution in [0, 0.1) is 0 Å². The van der Waals surface area contributed by atoms with Gasteiger partial charge in [0.05, 0.1) is 27.8 Å². The zero-order chi connectivity index (χ0) is 29.0. The number of benzene rings is 7. The Labute approximate surface area is 255 Å². The lowest BCUT2D eigenvalue weighted by Crippen LogP contribution is -1.96. The van der Waals surface area contributed by atoms with Crippen LogP contribution < -0.4 is 0 Å². The smallest absolute Gasteiger partial charge is 0.0562 e. The second-order valence-electron chi connectivity index (χ2n) is 11.4. The van der Waals surface area contributed by atoms with Crippen molar-refractivity contribution in [1.82, 2.24) is 9.13 Å². The summed E-state index contributed by atoms with van der Waals surface area (Å²) in [5, 5.41) is 5.04. The van der Waals surface area contributed by atoms with Crippen LogP contribution in [0.3, 0.4) is 0 Å². The van der Waals surface area contributed by atoms with E-state index < -0.39 is 0 Å². The quantitative estimate of drug-likeness (QED) is 0.203. The summed E-state index contributed by atoms with van der Waals surface area (Å²) in [7, 11) is 0. The molecule has 0 radical (unpaired) electrons. The normalized spacial score (nSPS) is 11.6. The van der Waals surface area contributed by atoms with E-state index in [4.69, 9.17) is 0 Å². The lowest BCUT2D eigenvalue weighted by Gasteiger charge is -2.12. The van der Waals surface area contributed by atoms with Crippen molar-refractivity contribution in [2.24, 2.45) is 0 Å². The minimum absolute atomic E-state index is 1.17. The molecule has 0 N–H and O–H groups in total. The van der Waals surface area contributed by atoms with E-state index in [0.717, 1.165) is 0 Å². The highest BCUT2D eigenvalue weighted by atomic mass is 15.0. The van der Waals surface area contributed by atoms with Gasteiger partial charge in [-0.1, -0.05) is 121 Å². The lowest BCUT2D eigenvalue weighted by molar-refractivity contribution is 1.17. The minimum Gasteiger partial charge on any atom is -0.309 e. The molecule has 2 aromatic heterocycles. The first-order chi connectivity index (χ1) is 21.9. The highest BCUT2D eigenvalue weighted by molar-refractivity contribution is 6.19. The fraction of sp³-hybridized carbons (Fsp3) is 0. The Hall–Kier alpha value is -5.86. The number of hydrogen-bond acceptors (Lipinski definition) is 0. The molecule has 2 heterocycles. The molecule has 0 amide bonds. The highest BCUT2D eigenvalue weighted by Gasteiger charge is 2.20. The van der Waals surface area contributed by atoms with Crippen LogP contribution >= 0.6 is 0 Å². The van der Waals surface area contributed by atoms with Gasteiger partial charge in [-0.2, -0.15) is 0 Å². The molecule has 0 bridgehead atoms. The molecule has 0 fully saturated rings. The molecule has 44 heavy (non-hydrogen) atoms. The first kappa shape index (κ1) is 24.7. The van der Waals surface area contributed by atoms with Crippen LogP contribution in [0.2, 0.25) is 0 Å². The molecule has 0 saturated heterocycles. The van der Waals surface area contributed by atoms with Crippen molar-refractivity contribution >= 4 is 43.6 Å². The maximum absolute atomic E-state index is 2.47. The Balaban J connectivity index is 1.36. The van der Waals surface area contributed by atoms with Gasteiger partial charge in [-0.15, -0.1) is 0 Å². The van der Waals surface area contributed by atoms with Crippen LogP contribution in [0.1, 0.15) is 0 Å². The molecule has 2 nitrogen and oxygen atoms in total. The van der Waals surface area contributed by atoms with Crippen LogP contribution in [-0.2, 0) is 0 Å². The predicted octanol–water partition coefficient (Wildman–Crippen LogP) is 11.2. The zero-order valence-corrected chi connectivity index (χ0v) is 24.1. The molecular formula is C42H28N2. The number of para-hydroxylation sites is 3. The molecule has 0 aliphatic heterocycles. The standard InChI is InChI=1S/C42H28N2/c1-3-14-29(15-4-1)30-16-11-17-31(28-30)33-22-12-25-38-41(33)34-20-7-10-24-37(34)44(38)40-27-13-26-39-42(40)35-21-8-9-23-36(35)43(39)32-18-5-2-6-19-32/h1-28H. The van der Waals surface area contributed by atoms with Crippen molar-refractivity contribution in [3.63, 3.8) is 0 Å². The van der Waals surface area contributed by atoms with Crippen LogP contribution in [0.4, 0.5) is 0 Å². The summed E-state index contributed by atoms with van der Waals surface area (Å²) in [6, 6.07) is 61.3. The fourth-order valence-corrected chi connectivity index (χ4v) is 7.06. The summed E-state index contributed by atoms with van der Waals surface area (Å²) in [4.78, 5) is 0. The number of hydrogen-bond donors (Lipinski definition) is 0.